The first kappa shape index (κ1) is 22.4. The Balaban J connectivity index is 1.75. The van der Waals surface area contributed by atoms with Crippen molar-refractivity contribution >= 4 is 29.1 Å². The fourth-order valence-electron chi connectivity index (χ4n) is 3.92. The molecular weight excluding hydrogens is 442 g/mol. The average Bonchev–Trinajstić information content (AvgIpc) is 3.08. The van der Waals surface area contributed by atoms with Crippen LogP contribution in [0.2, 0.25) is 5.02 Å². The third kappa shape index (κ3) is 4.56. The lowest BCUT2D eigenvalue weighted by Gasteiger charge is -2.25. The van der Waals surface area contributed by atoms with Crippen LogP contribution in [-0.2, 0) is 16.0 Å². The quantitative estimate of drug-likeness (QED) is 0.314. The van der Waals surface area contributed by atoms with Crippen LogP contribution in [0.5, 0.6) is 11.5 Å². The van der Waals surface area contributed by atoms with Gasteiger partial charge in [-0.15, -0.1) is 0 Å². The number of ketones is 1. The number of carbonyl (C=O) groups excluding carboxylic acids is 2. The van der Waals surface area contributed by atoms with Gasteiger partial charge in [0.05, 0.1) is 18.7 Å². The number of aliphatic hydroxyl groups is 1. The first-order valence-electron chi connectivity index (χ1n) is 10.3. The van der Waals surface area contributed by atoms with Gasteiger partial charge in [0.1, 0.15) is 17.3 Å². The number of methoxy groups -OCH3 is 1. The highest BCUT2D eigenvalue weighted by molar-refractivity contribution is 6.46. The summed E-state index contributed by atoms with van der Waals surface area (Å²) >= 11 is 5.96. The highest BCUT2D eigenvalue weighted by atomic mass is 35.5. The Kier molecular flexibility index (Phi) is 6.38. The molecule has 0 spiro atoms. The maximum absolute atomic E-state index is 13.1. The van der Waals surface area contributed by atoms with Crippen molar-refractivity contribution in [2.75, 3.05) is 13.7 Å². The lowest BCUT2D eigenvalue weighted by molar-refractivity contribution is -0.139. The van der Waals surface area contributed by atoms with Crippen LogP contribution >= 0.6 is 11.6 Å². The van der Waals surface area contributed by atoms with Crippen molar-refractivity contribution < 1.29 is 24.5 Å². The lowest BCUT2D eigenvalue weighted by Crippen LogP contribution is -2.31. The minimum absolute atomic E-state index is 0.00645. The van der Waals surface area contributed by atoms with E-state index in [0.29, 0.717) is 28.3 Å². The molecule has 33 heavy (non-hydrogen) atoms. The van der Waals surface area contributed by atoms with Crippen LogP contribution in [0.15, 0.2) is 78.4 Å². The van der Waals surface area contributed by atoms with Gasteiger partial charge in [-0.05, 0) is 66.1 Å². The summed E-state index contributed by atoms with van der Waals surface area (Å²) in [6, 6.07) is 19.3. The zero-order valence-electron chi connectivity index (χ0n) is 17.9. The monoisotopic (exact) mass is 463 g/mol. The average molecular weight is 464 g/mol. The molecule has 3 aromatic carbocycles. The number of nitrogens with zero attached hydrogens (tertiary/aromatic N) is 1. The normalized spacial score (nSPS) is 17.4. The number of aromatic hydroxyl groups is 1. The molecule has 3 aromatic rings. The minimum atomic E-state index is -0.792. The van der Waals surface area contributed by atoms with Crippen LogP contribution in [0.1, 0.15) is 22.7 Å². The van der Waals surface area contributed by atoms with E-state index < -0.39 is 17.7 Å². The van der Waals surface area contributed by atoms with Crippen LogP contribution in [0.25, 0.3) is 5.76 Å². The molecule has 0 aliphatic carbocycles. The predicted octanol–water partition coefficient (Wildman–Crippen LogP) is 4.72. The molecule has 1 heterocycles. The van der Waals surface area contributed by atoms with Gasteiger partial charge in [-0.2, -0.15) is 0 Å². The van der Waals surface area contributed by atoms with Crippen LogP contribution < -0.4 is 4.74 Å². The Morgan fingerprint density at radius 3 is 2.21 bits per heavy atom. The number of rotatable bonds is 6. The van der Waals surface area contributed by atoms with Gasteiger partial charge < -0.3 is 19.8 Å². The molecule has 1 atom stereocenters. The highest BCUT2D eigenvalue weighted by Gasteiger charge is 2.45. The number of benzene rings is 3. The van der Waals surface area contributed by atoms with Gasteiger partial charge in [-0.25, -0.2) is 0 Å². The summed E-state index contributed by atoms with van der Waals surface area (Å²) in [4.78, 5) is 27.5. The van der Waals surface area contributed by atoms with Crippen molar-refractivity contribution in [3.63, 3.8) is 0 Å². The summed E-state index contributed by atoms with van der Waals surface area (Å²) in [7, 11) is 1.53. The second-order valence-electron chi connectivity index (χ2n) is 7.69. The molecule has 2 N–H and O–H groups in total. The smallest absolute Gasteiger partial charge is 0.295 e. The third-order valence-electron chi connectivity index (χ3n) is 5.67. The molecule has 1 aliphatic rings. The molecular formula is C26H22ClNO5. The molecule has 1 saturated heterocycles. The van der Waals surface area contributed by atoms with E-state index in [9.17, 15) is 19.8 Å². The van der Waals surface area contributed by atoms with E-state index in [1.807, 2.05) is 12.1 Å². The Morgan fingerprint density at radius 2 is 1.61 bits per heavy atom. The maximum atomic E-state index is 13.1. The predicted molar refractivity (Wildman–Crippen MR) is 125 cm³/mol. The van der Waals surface area contributed by atoms with Gasteiger partial charge in [0.15, 0.2) is 0 Å². The standard InChI is InChI=1S/C26H22ClNO5/c1-33-21-12-6-18(7-13-21)24(30)22-23(17-4-10-20(29)11-5-17)28(26(32)25(22)31)15-14-16-2-8-19(27)9-3-16/h2-13,23,29-30H,14-15H2,1H3/b24-22-. The maximum Gasteiger partial charge on any atom is 0.295 e. The number of phenols is 1. The van der Waals surface area contributed by atoms with Crippen LogP contribution in [0, 0.1) is 0 Å². The Bertz CT molecular complexity index is 1200. The van der Waals surface area contributed by atoms with Gasteiger partial charge in [-0.1, -0.05) is 35.9 Å². The number of ether oxygens (including phenoxy) is 1. The number of hydrogen-bond donors (Lipinski definition) is 2. The molecule has 1 fully saturated rings. The SMILES string of the molecule is COc1ccc(/C(O)=C2/C(=O)C(=O)N(CCc3ccc(Cl)cc3)C2c2ccc(O)cc2)cc1. The lowest BCUT2D eigenvalue weighted by atomic mass is 9.95. The number of hydrogen-bond acceptors (Lipinski definition) is 5. The summed E-state index contributed by atoms with van der Waals surface area (Å²) in [6.07, 6.45) is 0.501. The minimum Gasteiger partial charge on any atom is -0.508 e. The molecule has 1 amide bonds. The number of likely N-dealkylation sites (tertiary alicyclic amines) is 1. The van der Waals surface area contributed by atoms with Crippen molar-refractivity contribution in [2.45, 2.75) is 12.5 Å². The Hall–Kier alpha value is -3.77. The van der Waals surface area contributed by atoms with Crippen LogP contribution in [-0.4, -0.2) is 40.5 Å². The molecule has 7 heteroatoms. The van der Waals surface area contributed by atoms with E-state index in [4.69, 9.17) is 16.3 Å². The summed E-state index contributed by atoms with van der Waals surface area (Å²) < 4.78 is 5.15. The van der Waals surface area contributed by atoms with Gasteiger partial charge in [0.2, 0.25) is 0 Å². The van der Waals surface area contributed by atoms with Gasteiger partial charge in [0, 0.05) is 17.1 Å². The number of phenolic OH excluding ortho intramolecular Hbond substituents is 1. The molecule has 1 unspecified atom stereocenters. The van der Waals surface area contributed by atoms with E-state index in [-0.39, 0.29) is 23.6 Å². The van der Waals surface area contributed by atoms with E-state index in [1.165, 1.54) is 24.1 Å². The molecule has 168 valence electrons. The molecule has 4 rings (SSSR count). The summed E-state index contributed by atoms with van der Waals surface area (Å²) in [5, 5.41) is 21.4. The van der Waals surface area contributed by atoms with Gasteiger partial charge >= 0.3 is 0 Å². The summed E-state index contributed by atoms with van der Waals surface area (Å²) in [5.41, 5.74) is 1.97. The van der Waals surface area contributed by atoms with Crippen molar-refractivity contribution in [2.24, 2.45) is 0 Å². The molecule has 0 bridgehead atoms. The van der Waals surface area contributed by atoms with E-state index in [1.54, 1.807) is 48.5 Å². The van der Waals surface area contributed by atoms with Crippen LogP contribution in [0.4, 0.5) is 0 Å². The van der Waals surface area contributed by atoms with E-state index >= 15 is 0 Å². The molecule has 0 aromatic heterocycles. The number of Topliss-reactive ketones (excluding diaryl/α,β-unsaturated/α-hetero) is 1. The first-order chi connectivity index (χ1) is 15.9. The third-order valence-corrected chi connectivity index (χ3v) is 5.92. The van der Waals surface area contributed by atoms with Crippen molar-refractivity contribution in [3.05, 3.63) is 100 Å². The summed E-state index contributed by atoms with van der Waals surface area (Å²) in [5.74, 6) is -1.03. The number of aliphatic hydroxyl groups excluding tert-OH is 1. The van der Waals surface area contributed by atoms with Crippen molar-refractivity contribution in [1.82, 2.24) is 4.90 Å². The Morgan fingerprint density at radius 1 is 0.970 bits per heavy atom. The first-order valence-corrected chi connectivity index (χ1v) is 10.7. The highest BCUT2D eigenvalue weighted by Crippen LogP contribution is 2.40. The molecule has 0 saturated carbocycles. The van der Waals surface area contributed by atoms with Crippen LogP contribution in [0.3, 0.4) is 0 Å². The number of carbonyl (C=O) groups is 2. The summed E-state index contributed by atoms with van der Waals surface area (Å²) in [6.45, 7) is 0.261. The second-order valence-corrected chi connectivity index (χ2v) is 8.13. The van der Waals surface area contributed by atoms with Gasteiger partial charge in [0.25, 0.3) is 11.7 Å². The zero-order chi connectivity index (χ0) is 23.5. The topological polar surface area (TPSA) is 87.1 Å². The molecule has 6 nitrogen and oxygen atoms in total. The largest absolute Gasteiger partial charge is 0.508 e. The van der Waals surface area contributed by atoms with E-state index in [0.717, 1.165) is 5.56 Å². The van der Waals surface area contributed by atoms with E-state index in [2.05, 4.69) is 0 Å². The second kappa shape index (κ2) is 9.38. The number of amides is 1. The Labute approximate surface area is 196 Å². The molecule has 0 radical (unpaired) electrons. The van der Waals surface area contributed by atoms with Crippen molar-refractivity contribution in [3.8, 4) is 11.5 Å². The fourth-order valence-corrected chi connectivity index (χ4v) is 4.04. The fraction of sp³-hybridized carbons (Fsp3) is 0.154. The van der Waals surface area contributed by atoms with Crippen molar-refractivity contribution in [1.29, 1.82) is 0 Å². The number of halogens is 1. The van der Waals surface area contributed by atoms with Gasteiger partial charge in [-0.3, -0.25) is 9.59 Å². The zero-order valence-corrected chi connectivity index (χ0v) is 18.6. The molecule has 1 aliphatic heterocycles.